The molecule has 1 aromatic heterocycles. The fourth-order valence-electron chi connectivity index (χ4n) is 2.51. The van der Waals surface area contributed by atoms with Gasteiger partial charge in [-0.05, 0) is 30.3 Å². The molecule has 0 atom stereocenters. The minimum absolute atomic E-state index is 0.0697. The van der Waals surface area contributed by atoms with Gasteiger partial charge in [0, 0.05) is 18.1 Å². The van der Waals surface area contributed by atoms with Crippen molar-refractivity contribution < 1.29 is 9.53 Å². The molecule has 0 fully saturated rings. The van der Waals surface area contributed by atoms with Gasteiger partial charge >= 0.3 is 11.7 Å². The Balaban J connectivity index is 1.75. The predicted molar refractivity (Wildman–Crippen MR) is 96.6 cm³/mol. The molecule has 5 nitrogen and oxygen atoms in total. The summed E-state index contributed by atoms with van der Waals surface area (Å²) in [7, 11) is 1.71. The fraction of sp³-hybridized carbons (Fsp3) is 0.176. The molecule has 0 aliphatic heterocycles. The number of carbonyl (C=O) groups excluding carboxylic acids is 1. The molecule has 0 radical (unpaired) electrons. The fourth-order valence-corrected chi connectivity index (χ4v) is 3.23. The Morgan fingerprint density at radius 2 is 1.92 bits per heavy atom. The van der Waals surface area contributed by atoms with E-state index in [1.54, 1.807) is 34.4 Å². The highest BCUT2D eigenvalue weighted by Gasteiger charge is 2.13. The average molecular weight is 410 g/mol. The van der Waals surface area contributed by atoms with Crippen molar-refractivity contribution in [3.8, 4) is 5.75 Å². The molecule has 1 heterocycles. The Morgan fingerprint density at radius 1 is 1.21 bits per heavy atom. The zero-order valence-corrected chi connectivity index (χ0v) is 15.2. The third kappa shape index (κ3) is 3.25. The van der Waals surface area contributed by atoms with E-state index in [0.717, 1.165) is 15.5 Å². The largest absolute Gasteiger partial charge is 0.425 e. The topological polar surface area (TPSA) is 53.2 Å². The minimum atomic E-state index is -0.445. The van der Waals surface area contributed by atoms with Gasteiger partial charge in [-0.3, -0.25) is 13.9 Å². The molecule has 0 saturated carbocycles. The van der Waals surface area contributed by atoms with E-state index in [4.69, 9.17) is 16.3 Å². The molecule has 0 unspecified atom stereocenters. The molecule has 0 spiro atoms. The number of halogens is 2. The molecule has 0 saturated heterocycles. The number of carbonyl (C=O) groups is 1. The number of esters is 1. The van der Waals surface area contributed by atoms with Gasteiger partial charge < -0.3 is 4.74 Å². The number of aryl methyl sites for hydroxylation is 2. The van der Waals surface area contributed by atoms with Crippen molar-refractivity contribution in [3.05, 3.63) is 62.4 Å². The van der Waals surface area contributed by atoms with E-state index in [-0.39, 0.29) is 18.7 Å². The summed E-state index contributed by atoms with van der Waals surface area (Å²) in [4.78, 5) is 24.4. The van der Waals surface area contributed by atoms with Gasteiger partial charge in [0.2, 0.25) is 0 Å². The van der Waals surface area contributed by atoms with E-state index in [1.165, 1.54) is 0 Å². The molecule has 24 heavy (non-hydrogen) atoms. The molecule has 0 aliphatic carbocycles. The molecular weight excluding hydrogens is 396 g/mol. The maximum atomic E-state index is 12.3. The van der Waals surface area contributed by atoms with Crippen LogP contribution in [0.15, 0.2) is 51.7 Å². The van der Waals surface area contributed by atoms with Crippen LogP contribution in [0.4, 0.5) is 0 Å². The lowest BCUT2D eigenvalue weighted by atomic mass is 10.3. The summed E-state index contributed by atoms with van der Waals surface area (Å²) in [5.41, 5.74) is 1.46. The Kier molecular flexibility index (Phi) is 4.78. The minimum Gasteiger partial charge on any atom is -0.425 e. The average Bonchev–Trinajstić information content (AvgIpc) is 2.80. The van der Waals surface area contributed by atoms with Crippen LogP contribution < -0.4 is 10.4 Å². The lowest BCUT2D eigenvalue weighted by molar-refractivity contribution is -0.134. The monoisotopic (exact) mass is 408 g/mol. The van der Waals surface area contributed by atoms with E-state index in [0.29, 0.717) is 10.8 Å². The number of hydrogen-bond acceptors (Lipinski definition) is 3. The Labute approximate surface area is 151 Å². The maximum absolute atomic E-state index is 12.3. The van der Waals surface area contributed by atoms with E-state index in [9.17, 15) is 9.59 Å². The summed E-state index contributed by atoms with van der Waals surface area (Å²) in [6.45, 7) is 0.243. The number of rotatable bonds is 4. The molecule has 0 aliphatic rings. The van der Waals surface area contributed by atoms with Gasteiger partial charge in [0.05, 0.1) is 22.5 Å². The number of benzene rings is 2. The summed E-state index contributed by atoms with van der Waals surface area (Å²) >= 11 is 9.32. The van der Waals surface area contributed by atoms with Crippen LogP contribution in [0.3, 0.4) is 0 Å². The van der Waals surface area contributed by atoms with Crippen LogP contribution >= 0.6 is 27.5 Å². The third-order valence-electron chi connectivity index (χ3n) is 3.71. The van der Waals surface area contributed by atoms with Crippen LogP contribution in [0, 0.1) is 0 Å². The highest BCUT2D eigenvalue weighted by Crippen LogP contribution is 2.28. The molecule has 0 amide bonds. The van der Waals surface area contributed by atoms with Gasteiger partial charge in [-0.25, -0.2) is 4.79 Å². The van der Waals surface area contributed by atoms with Crippen LogP contribution in [0.1, 0.15) is 6.42 Å². The zero-order valence-electron chi connectivity index (χ0n) is 12.8. The quantitative estimate of drug-likeness (QED) is 0.487. The lowest BCUT2D eigenvalue weighted by Gasteiger charge is -2.07. The van der Waals surface area contributed by atoms with Crippen LogP contribution in [0.2, 0.25) is 5.02 Å². The van der Waals surface area contributed by atoms with E-state index < -0.39 is 5.97 Å². The number of fused-ring (bicyclic) bond motifs is 1. The van der Waals surface area contributed by atoms with Crippen molar-refractivity contribution in [2.24, 2.45) is 7.05 Å². The van der Waals surface area contributed by atoms with Gasteiger partial charge in [-0.15, -0.1) is 0 Å². The van der Waals surface area contributed by atoms with E-state index in [2.05, 4.69) is 15.9 Å². The third-order valence-corrected chi connectivity index (χ3v) is 4.50. The summed E-state index contributed by atoms with van der Waals surface area (Å²) < 4.78 is 9.20. The molecule has 124 valence electrons. The van der Waals surface area contributed by atoms with Gasteiger partial charge in [0.25, 0.3) is 0 Å². The molecule has 0 N–H and O–H groups in total. The SMILES string of the molecule is Cn1c(=O)n(CCC(=O)Oc2ccc(Br)cc2Cl)c2ccccc21. The first kappa shape index (κ1) is 16.8. The molecule has 3 aromatic rings. The first-order valence-corrected chi connectivity index (χ1v) is 8.44. The van der Waals surface area contributed by atoms with Gasteiger partial charge in [0.1, 0.15) is 5.75 Å². The smallest absolute Gasteiger partial charge is 0.328 e. The summed E-state index contributed by atoms with van der Waals surface area (Å²) in [6, 6.07) is 12.5. The maximum Gasteiger partial charge on any atom is 0.328 e. The van der Waals surface area contributed by atoms with E-state index in [1.807, 2.05) is 24.3 Å². The van der Waals surface area contributed by atoms with Crippen molar-refractivity contribution in [1.82, 2.24) is 9.13 Å². The highest BCUT2D eigenvalue weighted by atomic mass is 79.9. The number of ether oxygens (including phenoxy) is 1. The molecular formula is C17H14BrClN2O3. The Hall–Kier alpha value is -2.05. The molecule has 0 bridgehead atoms. The number of para-hydroxylation sites is 2. The first-order chi connectivity index (χ1) is 11.5. The number of hydrogen-bond donors (Lipinski definition) is 0. The van der Waals surface area contributed by atoms with Crippen molar-refractivity contribution >= 4 is 44.5 Å². The number of nitrogens with zero attached hydrogens (tertiary/aromatic N) is 2. The van der Waals surface area contributed by atoms with Crippen LogP contribution in [-0.4, -0.2) is 15.1 Å². The second kappa shape index (κ2) is 6.83. The summed E-state index contributed by atoms with van der Waals surface area (Å²) in [5.74, 6) is -0.144. The van der Waals surface area contributed by atoms with Gasteiger partial charge in [0.15, 0.2) is 0 Å². The summed E-state index contributed by atoms with van der Waals surface area (Å²) in [5, 5.41) is 0.347. The Bertz CT molecular complexity index is 978. The van der Waals surface area contributed by atoms with Crippen LogP contribution in [0.5, 0.6) is 5.75 Å². The number of aromatic nitrogens is 2. The van der Waals surface area contributed by atoms with Gasteiger partial charge in [-0.1, -0.05) is 39.7 Å². The lowest BCUT2D eigenvalue weighted by Crippen LogP contribution is -2.24. The zero-order chi connectivity index (χ0) is 17.3. The van der Waals surface area contributed by atoms with Gasteiger partial charge in [-0.2, -0.15) is 0 Å². The normalized spacial score (nSPS) is 11.0. The second-order valence-corrected chi connectivity index (χ2v) is 6.60. The molecule has 2 aromatic carbocycles. The predicted octanol–water partition coefficient (Wildman–Crippen LogP) is 3.75. The molecule has 7 heteroatoms. The van der Waals surface area contributed by atoms with Crippen molar-refractivity contribution in [2.75, 3.05) is 0 Å². The van der Waals surface area contributed by atoms with E-state index >= 15 is 0 Å². The van der Waals surface area contributed by atoms with Crippen LogP contribution in [-0.2, 0) is 18.4 Å². The van der Waals surface area contributed by atoms with Crippen molar-refractivity contribution in [1.29, 1.82) is 0 Å². The van der Waals surface area contributed by atoms with Crippen molar-refractivity contribution in [3.63, 3.8) is 0 Å². The second-order valence-electron chi connectivity index (χ2n) is 5.28. The van der Waals surface area contributed by atoms with Crippen LogP contribution in [0.25, 0.3) is 11.0 Å². The molecule has 3 rings (SSSR count). The Morgan fingerprint density at radius 3 is 2.62 bits per heavy atom. The number of imidazole rings is 1. The highest BCUT2D eigenvalue weighted by molar-refractivity contribution is 9.10. The summed E-state index contributed by atoms with van der Waals surface area (Å²) in [6.07, 6.45) is 0.0697. The van der Waals surface area contributed by atoms with Crippen molar-refractivity contribution in [2.45, 2.75) is 13.0 Å². The standard InChI is InChI=1S/C17H14BrClN2O3/c1-20-13-4-2-3-5-14(13)21(17(20)23)9-8-16(22)24-15-7-6-11(18)10-12(15)19/h2-7,10H,8-9H2,1H3. The first-order valence-electron chi connectivity index (χ1n) is 7.27.